The second kappa shape index (κ2) is 5.22. The lowest BCUT2D eigenvalue weighted by molar-refractivity contribution is 0.235. The van der Waals surface area contributed by atoms with Gasteiger partial charge in [0.25, 0.3) is 0 Å². The molecule has 1 nitrogen and oxygen atoms in total. The molecular weight excluding hydrogens is 206 g/mol. The van der Waals surface area contributed by atoms with Crippen molar-refractivity contribution in [1.82, 2.24) is 0 Å². The Morgan fingerprint density at radius 1 is 1.24 bits per heavy atom. The number of rotatable bonds is 3. The van der Waals surface area contributed by atoms with Crippen molar-refractivity contribution in [2.45, 2.75) is 57.9 Å². The van der Waals surface area contributed by atoms with Gasteiger partial charge < -0.3 is 5.73 Å². The molecule has 1 aliphatic rings. The standard InChI is InChI=1S/C16H25N/c1-3-14-6-8-15(9-7-14)12-16(17)10-4-5-13(2)11-16/h6-9,13H,3-5,10-12,17H2,1-2H3. The van der Waals surface area contributed by atoms with E-state index in [1.807, 2.05) is 0 Å². The molecule has 0 bridgehead atoms. The minimum Gasteiger partial charge on any atom is -0.325 e. The minimum absolute atomic E-state index is 0.0470. The second-order valence-electron chi connectivity index (χ2n) is 5.91. The van der Waals surface area contributed by atoms with Crippen LogP contribution in [-0.4, -0.2) is 5.54 Å². The lowest BCUT2D eigenvalue weighted by atomic mass is 9.74. The van der Waals surface area contributed by atoms with Crippen LogP contribution in [-0.2, 0) is 12.8 Å². The molecule has 0 saturated heterocycles. The molecule has 0 radical (unpaired) electrons. The summed E-state index contributed by atoms with van der Waals surface area (Å²) in [5, 5.41) is 0. The summed E-state index contributed by atoms with van der Waals surface area (Å²) >= 11 is 0. The van der Waals surface area contributed by atoms with E-state index in [0.717, 1.165) is 18.8 Å². The van der Waals surface area contributed by atoms with Gasteiger partial charge in [0.2, 0.25) is 0 Å². The Labute approximate surface area is 105 Å². The van der Waals surface area contributed by atoms with E-state index < -0.39 is 0 Å². The van der Waals surface area contributed by atoms with E-state index in [-0.39, 0.29) is 5.54 Å². The van der Waals surface area contributed by atoms with Gasteiger partial charge >= 0.3 is 0 Å². The van der Waals surface area contributed by atoms with Crippen LogP contribution in [0, 0.1) is 5.92 Å². The largest absolute Gasteiger partial charge is 0.325 e. The Morgan fingerprint density at radius 2 is 1.88 bits per heavy atom. The topological polar surface area (TPSA) is 26.0 Å². The third kappa shape index (κ3) is 3.32. The van der Waals surface area contributed by atoms with Gasteiger partial charge in [-0.3, -0.25) is 0 Å². The molecule has 0 heterocycles. The average molecular weight is 231 g/mol. The Balaban J connectivity index is 2.03. The maximum Gasteiger partial charge on any atom is 0.0197 e. The van der Waals surface area contributed by atoms with Gasteiger partial charge in [-0.2, -0.15) is 0 Å². The first-order valence-electron chi connectivity index (χ1n) is 6.98. The fourth-order valence-electron chi connectivity index (χ4n) is 3.16. The highest BCUT2D eigenvalue weighted by molar-refractivity contribution is 5.24. The van der Waals surface area contributed by atoms with Crippen LogP contribution in [0.5, 0.6) is 0 Å². The van der Waals surface area contributed by atoms with Crippen LogP contribution in [0.4, 0.5) is 0 Å². The molecule has 17 heavy (non-hydrogen) atoms. The van der Waals surface area contributed by atoms with E-state index in [9.17, 15) is 0 Å². The molecule has 2 N–H and O–H groups in total. The molecule has 0 aromatic heterocycles. The highest BCUT2D eigenvalue weighted by Crippen LogP contribution is 2.32. The van der Waals surface area contributed by atoms with Crippen LogP contribution in [0.25, 0.3) is 0 Å². The SMILES string of the molecule is CCc1ccc(CC2(N)CCCC(C)C2)cc1. The Hall–Kier alpha value is -0.820. The normalized spacial score (nSPS) is 29.2. The number of nitrogens with two attached hydrogens (primary N) is 1. The first kappa shape index (κ1) is 12.6. The van der Waals surface area contributed by atoms with Crippen molar-refractivity contribution in [3.63, 3.8) is 0 Å². The van der Waals surface area contributed by atoms with Crippen LogP contribution in [0.3, 0.4) is 0 Å². The van der Waals surface area contributed by atoms with Crippen molar-refractivity contribution in [3.8, 4) is 0 Å². The molecule has 1 aliphatic carbocycles. The zero-order chi connectivity index (χ0) is 12.3. The van der Waals surface area contributed by atoms with Crippen LogP contribution in [0.15, 0.2) is 24.3 Å². The van der Waals surface area contributed by atoms with E-state index in [0.29, 0.717) is 0 Å². The maximum atomic E-state index is 6.55. The molecule has 1 heteroatoms. The second-order valence-corrected chi connectivity index (χ2v) is 5.91. The average Bonchev–Trinajstić information content (AvgIpc) is 2.29. The molecule has 1 aromatic rings. The first-order valence-corrected chi connectivity index (χ1v) is 6.98. The maximum absolute atomic E-state index is 6.55. The molecule has 0 spiro atoms. The lowest BCUT2D eigenvalue weighted by Crippen LogP contribution is -2.45. The Morgan fingerprint density at radius 3 is 2.47 bits per heavy atom. The summed E-state index contributed by atoms with van der Waals surface area (Å²) in [5.41, 5.74) is 9.41. The molecule has 2 unspecified atom stereocenters. The number of hydrogen-bond acceptors (Lipinski definition) is 1. The van der Waals surface area contributed by atoms with Gasteiger partial charge in [-0.05, 0) is 42.7 Å². The number of hydrogen-bond donors (Lipinski definition) is 1. The predicted octanol–water partition coefficient (Wildman–Crippen LogP) is 3.70. The minimum atomic E-state index is 0.0470. The summed E-state index contributed by atoms with van der Waals surface area (Å²) in [7, 11) is 0. The van der Waals surface area contributed by atoms with Crippen LogP contribution in [0.2, 0.25) is 0 Å². The van der Waals surface area contributed by atoms with E-state index in [1.165, 1.54) is 36.8 Å². The highest BCUT2D eigenvalue weighted by atomic mass is 14.7. The summed E-state index contributed by atoms with van der Waals surface area (Å²) in [6, 6.07) is 9.00. The van der Waals surface area contributed by atoms with Gasteiger partial charge in [-0.15, -0.1) is 0 Å². The van der Waals surface area contributed by atoms with E-state index >= 15 is 0 Å². The molecule has 0 aliphatic heterocycles. The summed E-state index contributed by atoms with van der Waals surface area (Å²) < 4.78 is 0. The van der Waals surface area contributed by atoms with Crippen molar-refractivity contribution in [1.29, 1.82) is 0 Å². The lowest BCUT2D eigenvalue weighted by Gasteiger charge is -2.37. The highest BCUT2D eigenvalue weighted by Gasteiger charge is 2.30. The molecule has 2 rings (SSSR count). The molecule has 94 valence electrons. The van der Waals surface area contributed by atoms with Gasteiger partial charge in [-0.25, -0.2) is 0 Å². The van der Waals surface area contributed by atoms with Crippen LogP contribution >= 0.6 is 0 Å². The van der Waals surface area contributed by atoms with E-state index in [2.05, 4.69) is 38.1 Å². The Kier molecular flexibility index (Phi) is 3.88. The predicted molar refractivity (Wildman–Crippen MR) is 74.1 cm³/mol. The van der Waals surface area contributed by atoms with Gasteiger partial charge in [0.05, 0.1) is 0 Å². The molecule has 0 amide bonds. The van der Waals surface area contributed by atoms with Gasteiger partial charge in [0.15, 0.2) is 0 Å². The van der Waals surface area contributed by atoms with Crippen molar-refractivity contribution in [2.75, 3.05) is 0 Å². The van der Waals surface area contributed by atoms with Gasteiger partial charge in [-0.1, -0.05) is 51.0 Å². The third-order valence-corrected chi connectivity index (χ3v) is 4.11. The fraction of sp³-hybridized carbons (Fsp3) is 0.625. The van der Waals surface area contributed by atoms with E-state index in [4.69, 9.17) is 5.73 Å². The fourth-order valence-corrected chi connectivity index (χ4v) is 3.16. The van der Waals surface area contributed by atoms with Crippen LogP contribution < -0.4 is 5.73 Å². The molecular formula is C16H25N. The quantitative estimate of drug-likeness (QED) is 0.843. The molecule has 1 aromatic carbocycles. The Bertz CT molecular complexity index is 354. The smallest absolute Gasteiger partial charge is 0.0197 e. The van der Waals surface area contributed by atoms with Gasteiger partial charge in [0, 0.05) is 5.54 Å². The molecule has 1 saturated carbocycles. The monoisotopic (exact) mass is 231 g/mol. The third-order valence-electron chi connectivity index (χ3n) is 4.11. The van der Waals surface area contributed by atoms with Crippen molar-refractivity contribution in [3.05, 3.63) is 35.4 Å². The number of benzene rings is 1. The van der Waals surface area contributed by atoms with Crippen molar-refractivity contribution >= 4 is 0 Å². The zero-order valence-electron chi connectivity index (χ0n) is 11.2. The molecule has 2 atom stereocenters. The first-order chi connectivity index (χ1) is 8.11. The summed E-state index contributed by atoms with van der Waals surface area (Å²) in [6.45, 7) is 4.53. The number of aryl methyl sites for hydroxylation is 1. The van der Waals surface area contributed by atoms with Gasteiger partial charge in [0.1, 0.15) is 0 Å². The summed E-state index contributed by atoms with van der Waals surface area (Å²) in [4.78, 5) is 0. The summed E-state index contributed by atoms with van der Waals surface area (Å²) in [5.74, 6) is 0.795. The van der Waals surface area contributed by atoms with Crippen LogP contribution in [0.1, 0.15) is 50.7 Å². The summed E-state index contributed by atoms with van der Waals surface area (Å²) in [6.07, 6.45) is 7.18. The van der Waals surface area contributed by atoms with Crippen molar-refractivity contribution in [2.24, 2.45) is 11.7 Å². The van der Waals surface area contributed by atoms with E-state index in [1.54, 1.807) is 0 Å². The van der Waals surface area contributed by atoms with Crippen molar-refractivity contribution < 1.29 is 0 Å². The molecule has 1 fully saturated rings. The zero-order valence-corrected chi connectivity index (χ0v) is 11.2.